The van der Waals surface area contributed by atoms with Crippen molar-refractivity contribution in [2.45, 2.75) is 44.1 Å². The number of pyridine rings is 1. The Morgan fingerprint density at radius 1 is 1.33 bits per heavy atom. The molecule has 5 heteroatoms. The summed E-state index contributed by atoms with van der Waals surface area (Å²) < 4.78 is 31.6. The lowest BCUT2D eigenvalue weighted by Gasteiger charge is -2.39. The first kappa shape index (κ1) is 12.2. The number of hydrogen-bond donors (Lipinski definition) is 0. The largest absolute Gasteiger partial charge is 0.474 e. The van der Waals surface area contributed by atoms with E-state index in [1.165, 1.54) is 0 Å². The molecular weight excluding hydrogens is 260 g/mol. The van der Waals surface area contributed by atoms with Crippen LogP contribution in [0, 0.1) is 5.92 Å². The zero-order valence-electron chi connectivity index (χ0n) is 9.83. The predicted octanol–water partition coefficient (Wildman–Crippen LogP) is 3.86. The van der Waals surface area contributed by atoms with Gasteiger partial charge in [0.2, 0.25) is 11.8 Å². The standard InChI is InChI=1S/C13H14ClF2NO/c14-11-5-4-8-2-1-3-10(18-12(8)17-11)9-6-13(15,16)7-9/h4-5,9-10H,1-3,6-7H2. The fraction of sp³-hybridized carbons (Fsp3) is 0.615. The van der Waals surface area contributed by atoms with E-state index in [1.807, 2.05) is 6.07 Å². The Labute approximate surface area is 109 Å². The van der Waals surface area contributed by atoms with Crippen LogP contribution < -0.4 is 4.74 Å². The third kappa shape index (κ3) is 2.30. The average Bonchev–Trinajstić information content (AvgIpc) is 2.47. The number of alkyl halides is 2. The molecule has 2 nitrogen and oxygen atoms in total. The summed E-state index contributed by atoms with van der Waals surface area (Å²) in [5.41, 5.74) is 1.02. The maximum Gasteiger partial charge on any atom is 0.249 e. The first-order valence-electron chi connectivity index (χ1n) is 6.23. The first-order valence-corrected chi connectivity index (χ1v) is 6.61. The predicted molar refractivity (Wildman–Crippen MR) is 64.3 cm³/mol. The van der Waals surface area contributed by atoms with Crippen LogP contribution in [0.5, 0.6) is 5.88 Å². The molecule has 1 aliphatic carbocycles. The third-order valence-corrected chi connectivity index (χ3v) is 3.96. The maximum atomic E-state index is 12.9. The van der Waals surface area contributed by atoms with E-state index in [2.05, 4.69) is 4.98 Å². The quantitative estimate of drug-likeness (QED) is 0.725. The van der Waals surface area contributed by atoms with Crippen LogP contribution in [0.1, 0.15) is 31.2 Å². The number of fused-ring (bicyclic) bond motifs is 1. The van der Waals surface area contributed by atoms with E-state index in [9.17, 15) is 8.78 Å². The molecule has 0 aromatic carbocycles. The highest BCUT2D eigenvalue weighted by Crippen LogP contribution is 2.46. The molecule has 0 radical (unpaired) electrons. The summed E-state index contributed by atoms with van der Waals surface area (Å²) in [6.45, 7) is 0. The minimum Gasteiger partial charge on any atom is -0.474 e. The molecule has 3 rings (SSSR count). The number of halogens is 3. The van der Waals surface area contributed by atoms with Gasteiger partial charge < -0.3 is 4.74 Å². The van der Waals surface area contributed by atoms with Gasteiger partial charge in [-0.25, -0.2) is 13.8 Å². The van der Waals surface area contributed by atoms with Crippen molar-refractivity contribution in [3.8, 4) is 5.88 Å². The van der Waals surface area contributed by atoms with Crippen LogP contribution >= 0.6 is 11.6 Å². The topological polar surface area (TPSA) is 22.1 Å². The molecule has 0 saturated heterocycles. The van der Waals surface area contributed by atoms with Crippen molar-refractivity contribution in [3.05, 3.63) is 22.8 Å². The molecule has 1 atom stereocenters. The molecule has 1 unspecified atom stereocenters. The lowest BCUT2D eigenvalue weighted by molar-refractivity contribution is -0.137. The molecule has 0 bridgehead atoms. The normalized spacial score (nSPS) is 26.7. The Bertz CT molecular complexity index is 458. The highest BCUT2D eigenvalue weighted by atomic mass is 35.5. The molecule has 2 heterocycles. The van der Waals surface area contributed by atoms with E-state index in [4.69, 9.17) is 16.3 Å². The molecule has 0 amide bonds. The Balaban J connectivity index is 1.76. The third-order valence-electron chi connectivity index (χ3n) is 3.75. The number of hydrogen-bond acceptors (Lipinski definition) is 2. The SMILES string of the molecule is FC1(F)CC(C2CCCc3ccc(Cl)nc3O2)C1. The Kier molecular flexibility index (Phi) is 2.93. The number of aryl methyl sites for hydroxylation is 1. The second-order valence-corrected chi connectivity index (χ2v) is 5.56. The molecule has 1 aromatic rings. The maximum absolute atomic E-state index is 12.9. The second kappa shape index (κ2) is 4.34. The minimum atomic E-state index is -2.50. The average molecular weight is 274 g/mol. The first-order chi connectivity index (χ1) is 8.53. The zero-order chi connectivity index (χ0) is 12.8. The Hall–Kier alpha value is -0.900. The minimum absolute atomic E-state index is 0.0493. The van der Waals surface area contributed by atoms with Crippen molar-refractivity contribution >= 4 is 11.6 Å². The fourth-order valence-electron chi connectivity index (χ4n) is 2.74. The van der Waals surface area contributed by atoms with Crippen molar-refractivity contribution in [1.29, 1.82) is 0 Å². The molecule has 0 N–H and O–H groups in total. The molecule has 98 valence electrons. The molecule has 1 saturated carbocycles. The van der Waals surface area contributed by atoms with E-state index >= 15 is 0 Å². The van der Waals surface area contributed by atoms with Crippen LogP contribution in [0.3, 0.4) is 0 Å². The summed E-state index contributed by atoms with van der Waals surface area (Å²) in [6.07, 6.45) is 2.37. The molecule has 1 fully saturated rings. The van der Waals surface area contributed by atoms with Crippen molar-refractivity contribution in [2.24, 2.45) is 5.92 Å². The van der Waals surface area contributed by atoms with Gasteiger partial charge in [0.1, 0.15) is 11.3 Å². The van der Waals surface area contributed by atoms with Gasteiger partial charge in [-0.05, 0) is 25.3 Å². The molecule has 1 aromatic heterocycles. The van der Waals surface area contributed by atoms with Crippen molar-refractivity contribution < 1.29 is 13.5 Å². The van der Waals surface area contributed by atoms with E-state index in [0.717, 1.165) is 24.8 Å². The van der Waals surface area contributed by atoms with Gasteiger partial charge in [0, 0.05) is 24.3 Å². The van der Waals surface area contributed by atoms with Gasteiger partial charge in [0.05, 0.1) is 0 Å². The van der Waals surface area contributed by atoms with Crippen molar-refractivity contribution in [1.82, 2.24) is 4.98 Å². The highest BCUT2D eigenvalue weighted by Gasteiger charge is 2.49. The van der Waals surface area contributed by atoms with Gasteiger partial charge in [-0.15, -0.1) is 0 Å². The summed E-state index contributed by atoms with van der Waals surface area (Å²) in [4.78, 5) is 4.16. The van der Waals surface area contributed by atoms with Gasteiger partial charge >= 0.3 is 0 Å². The molecule has 1 aliphatic heterocycles. The summed E-state index contributed by atoms with van der Waals surface area (Å²) >= 11 is 5.84. The monoisotopic (exact) mass is 273 g/mol. The lowest BCUT2D eigenvalue weighted by Crippen LogP contribution is -2.44. The van der Waals surface area contributed by atoms with Crippen LogP contribution in [0.25, 0.3) is 0 Å². The summed E-state index contributed by atoms with van der Waals surface area (Å²) in [6, 6.07) is 3.64. The smallest absolute Gasteiger partial charge is 0.249 e. The van der Waals surface area contributed by atoms with Gasteiger partial charge in [-0.2, -0.15) is 0 Å². The Morgan fingerprint density at radius 3 is 2.83 bits per heavy atom. The molecule has 0 spiro atoms. The van der Waals surface area contributed by atoms with E-state index in [0.29, 0.717) is 11.0 Å². The van der Waals surface area contributed by atoms with Gasteiger partial charge in [0.25, 0.3) is 0 Å². The van der Waals surface area contributed by atoms with Crippen molar-refractivity contribution in [2.75, 3.05) is 0 Å². The van der Waals surface area contributed by atoms with Crippen molar-refractivity contribution in [3.63, 3.8) is 0 Å². The van der Waals surface area contributed by atoms with E-state index < -0.39 is 5.92 Å². The van der Waals surface area contributed by atoms with Crippen LogP contribution in [-0.2, 0) is 6.42 Å². The van der Waals surface area contributed by atoms with Crippen LogP contribution in [0.4, 0.5) is 8.78 Å². The second-order valence-electron chi connectivity index (χ2n) is 5.17. The van der Waals surface area contributed by atoms with Gasteiger partial charge in [-0.1, -0.05) is 17.7 Å². The number of aromatic nitrogens is 1. The lowest BCUT2D eigenvalue weighted by atomic mass is 9.76. The molecule has 2 aliphatic rings. The Morgan fingerprint density at radius 2 is 2.11 bits per heavy atom. The van der Waals surface area contributed by atoms with Gasteiger partial charge in [0.15, 0.2) is 0 Å². The van der Waals surface area contributed by atoms with E-state index in [1.54, 1.807) is 6.07 Å². The van der Waals surface area contributed by atoms with Crippen LogP contribution in [0.15, 0.2) is 12.1 Å². The summed E-state index contributed by atoms with van der Waals surface area (Å²) in [7, 11) is 0. The number of ether oxygens (including phenoxy) is 1. The van der Waals surface area contributed by atoms with Crippen LogP contribution in [-0.4, -0.2) is 17.0 Å². The fourth-order valence-corrected chi connectivity index (χ4v) is 2.88. The van der Waals surface area contributed by atoms with E-state index in [-0.39, 0.29) is 24.9 Å². The molecular formula is C13H14ClF2NO. The summed E-state index contributed by atoms with van der Waals surface area (Å²) in [5.74, 6) is -2.02. The molecule has 18 heavy (non-hydrogen) atoms. The zero-order valence-corrected chi connectivity index (χ0v) is 10.6. The van der Waals surface area contributed by atoms with Crippen LogP contribution in [0.2, 0.25) is 5.15 Å². The highest BCUT2D eigenvalue weighted by molar-refractivity contribution is 6.29. The summed E-state index contributed by atoms with van der Waals surface area (Å²) in [5, 5.41) is 0.383. The number of rotatable bonds is 1. The number of nitrogens with zero attached hydrogens (tertiary/aromatic N) is 1. The van der Waals surface area contributed by atoms with Gasteiger partial charge in [-0.3, -0.25) is 0 Å².